The fourth-order valence-corrected chi connectivity index (χ4v) is 1.07. The summed E-state index contributed by atoms with van der Waals surface area (Å²) in [6, 6.07) is 1.88. The Labute approximate surface area is 84.3 Å². The molecule has 0 fully saturated rings. The van der Waals surface area contributed by atoms with E-state index in [1.54, 1.807) is 4.68 Å². The quantitative estimate of drug-likeness (QED) is 0.778. The zero-order valence-electron chi connectivity index (χ0n) is 8.95. The van der Waals surface area contributed by atoms with Gasteiger partial charge in [0.2, 0.25) is 5.91 Å². The van der Waals surface area contributed by atoms with Gasteiger partial charge in [-0.05, 0) is 18.9 Å². The van der Waals surface area contributed by atoms with Crippen LogP contribution in [0.5, 0.6) is 0 Å². The molecule has 0 saturated carbocycles. The number of hydrogen-bond acceptors (Lipinski definition) is 2. The second-order valence-corrected chi connectivity index (χ2v) is 3.85. The first-order chi connectivity index (χ1) is 6.58. The highest BCUT2D eigenvalue weighted by molar-refractivity contribution is 5.75. The summed E-state index contributed by atoms with van der Waals surface area (Å²) in [5.74, 6) is 0.500. The van der Waals surface area contributed by atoms with Crippen LogP contribution in [0.1, 0.15) is 19.5 Å². The first-order valence-electron chi connectivity index (χ1n) is 4.84. The molecule has 14 heavy (non-hydrogen) atoms. The molecule has 4 heteroatoms. The van der Waals surface area contributed by atoms with Crippen LogP contribution in [-0.4, -0.2) is 22.2 Å². The summed E-state index contributed by atoms with van der Waals surface area (Å²) >= 11 is 0. The van der Waals surface area contributed by atoms with E-state index in [-0.39, 0.29) is 5.91 Å². The largest absolute Gasteiger partial charge is 0.354 e. The lowest BCUT2D eigenvalue weighted by molar-refractivity contribution is -0.122. The van der Waals surface area contributed by atoms with Crippen LogP contribution in [0, 0.1) is 12.8 Å². The van der Waals surface area contributed by atoms with Crippen LogP contribution in [0.25, 0.3) is 0 Å². The summed E-state index contributed by atoms with van der Waals surface area (Å²) in [5, 5.41) is 6.97. The Hall–Kier alpha value is -1.32. The predicted molar refractivity (Wildman–Crippen MR) is 54.8 cm³/mol. The summed E-state index contributed by atoms with van der Waals surface area (Å²) in [7, 11) is 0. The van der Waals surface area contributed by atoms with Gasteiger partial charge in [-0.3, -0.25) is 9.48 Å². The van der Waals surface area contributed by atoms with Crippen LogP contribution in [0.15, 0.2) is 12.3 Å². The summed E-state index contributed by atoms with van der Waals surface area (Å²) in [6.45, 7) is 7.07. The van der Waals surface area contributed by atoms with Gasteiger partial charge in [0.05, 0.1) is 5.69 Å². The van der Waals surface area contributed by atoms with Gasteiger partial charge in [-0.25, -0.2) is 0 Å². The van der Waals surface area contributed by atoms with Crippen LogP contribution >= 0.6 is 0 Å². The Morgan fingerprint density at radius 2 is 2.36 bits per heavy atom. The zero-order chi connectivity index (χ0) is 10.6. The molecule has 0 aliphatic carbocycles. The van der Waals surface area contributed by atoms with Crippen molar-refractivity contribution >= 4 is 5.91 Å². The van der Waals surface area contributed by atoms with E-state index in [2.05, 4.69) is 24.3 Å². The molecule has 0 saturated heterocycles. The normalized spacial score (nSPS) is 10.6. The Bertz CT molecular complexity index is 304. The second kappa shape index (κ2) is 4.79. The highest BCUT2D eigenvalue weighted by atomic mass is 16.2. The zero-order valence-corrected chi connectivity index (χ0v) is 8.95. The van der Waals surface area contributed by atoms with Gasteiger partial charge in [-0.1, -0.05) is 13.8 Å². The third kappa shape index (κ3) is 3.60. The molecular weight excluding hydrogens is 178 g/mol. The molecule has 1 heterocycles. The van der Waals surface area contributed by atoms with E-state index in [9.17, 15) is 4.79 Å². The van der Waals surface area contributed by atoms with Gasteiger partial charge in [0.25, 0.3) is 0 Å². The number of aromatic nitrogens is 2. The summed E-state index contributed by atoms with van der Waals surface area (Å²) in [4.78, 5) is 11.4. The molecule has 4 nitrogen and oxygen atoms in total. The van der Waals surface area contributed by atoms with Crippen molar-refractivity contribution in [2.45, 2.75) is 27.3 Å². The summed E-state index contributed by atoms with van der Waals surface area (Å²) in [6.07, 6.45) is 1.81. The van der Waals surface area contributed by atoms with Crippen molar-refractivity contribution in [2.24, 2.45) is 5.92 Å². The minimum absolute atomic E-state index is 0.0156. The minimum atomic E-state index is 0.0156. The maximum absolute atomic E-state index is 11.4. The number of rotatable bonds is 4. The summed E-state index contributed by atoms with van der Waals surface area (Å²) in [5.41, 5.74) is 0.932. The van der Waals surface area contributed by atoms with Crippen LogP contribution < -0.4 is 5.32 Å². The molecule has 0 aromatic carbocycles. The average molecular weight is 195 g/mol. The van der Waals surface area contributed by atoms with Gasteiger partial charge in [-0.2, -0.15) is 5.10 Å². The number of nitrogens with one attached hydrogen (secondary N) is 1. The van der Waals surface area contributed by atoms with E-state index < -0.39 is 0 Å². The van der Waals surface area contributed by atoms with Crippen LogP contribution in [0.2, 0.25) is 0 Å². The van der Waals surface area contributed by atoms with E-state index in [4.69, 9.17) is 0 Å². The van der Waals surface area contributed by atoms with E-state index in [1.807, 2.05) is 19.2 Å². The van der Waals surface area contributed by atoms with Crippen LogP contribution in [-0.2, 0) is 11.3 Å². The van der Waals surface area contributed by atoms with Crippen molar-refractivity contribution in [1.29, 1.82) is 0 Å². The third-order valence-corrected chi connectivity index (χ3v) is 1.79. The standard InChI is InChI=1S/C10H17N3O/c1-8(2)6-11-10(14)7-13-5-4-9(3)12-13/h4-5,8H,6-7H2,1-3H3,(H,11,14). The topological polar surface area (TPSA) is 46.9 Å². The highest BCUT2D eigenvalue weighted by Crippen LogP contribution is 1.92. The molecule has 0 aliphatic rings. The second-order valence-electron chi connectivity index (χ2n) is 3.85. The first kappa shape index (κ1) is 10.8. The molecule has 1 N–H and O–H groups in total. The number of nitrogens with zero attached hydrogens (tertiary/aromatic N) is 2. The van der Waals surface area contributed by atoms with Gasteiger partial charge in [0, 0.05) is 12.7 Å². The summed E-state index contributed by atoms with van der Waals surface area (Å²) < 4.78 is 1.64. The van der Waals surface area contributed by atoms with Gasteiger partial charge < -0.3 is 5.32 Å². The fraction of sp³-hybridized carbons (Fsp3) is 0.600. The molecule has 0 aliphatic heterocycles. The van der Waals surface area contributed by atoms with Crippen molar-refractivity contribution in [3.63, 3.8) is 0 Å². The molecule has 0 atom stereocenters. The molecular formula is C10H17N3O. The molecule has 1 rings (SSSR count). The predicted octanol–water partition coefficient (Wildman–Crippen LogP) is 0.964. The molecule has 0 radical (unpaired) electrons. The third-order valence-electron chi connectivity index (χ3n) is 1.79. The van der Waals surface area contributed by atoms with Crippen molar-refractivity contribution < 1.29 is 4.79 Å². The van der Waals surface area contributed by atoms with E-state index in [1.165, 1.54) is 0 Å². The first-order valence-corrected chi connectivity index (χ1v) is 4.84. The van der Waals surface area contributed by atoms with Gasteiger partial charge in [0.1, 0.15) is 6.54 Å². The van der Waals surface area contributed by atoms with E-state index in [0.717, 1.165) is 12.2 Å². The Morgan fingerprint density at radius 3 is 2.86 bits per heavy atom. The van der Waals surface area contributed by atoms with Gasteiger partial charge >= 0.3 is 0 Å². The highest BCUT2D eigenvalue weighted by Gasteiger charge is 2.03. The van der Waals surface area contributed by atoms with Gasteiger partial charge in [0.15, 0.2) is 0 Å². The Kier molecular flexibility index (Phi) is 3.68. The SMILES string of the molecule is Cc1ccn(CC(=O)NCC(C)C)n1. The average Bonchev–Trinajstić information content (AvgIpc) is 2.48. The number of aryl methyl sites for hydroxylation is 1. The molecule has 0 bridgehead atoms. The molecule has 78 valence electrons. The molecule has 0 unspecified atom stereocenters. The maximum atomic E-state index is 11.4. The lowest BCUT2D eigenvalue weighted by atomic mass is 10.2. The van der Waals surface area contributed by atoms with Crippen molar-refractivity contribution in [3.8, 4) is 0 Å². The number of carbonyl (C=O) groups excluding carboxylic acids is 1. The van der Waals surface area contributed by atoms with E-state index in [0.29, 0.717) is 12.5 Å². The fourth-order valence-electron chi connectivity index (χ4n) is 1.07. The van der Waals surface area contributed by atoms with Crippen molar-refractivity contribution in [3.05, 3.63) is 18.0 Å². The lowest BCUT2D eigenvalue weighted by Gasteiger charge is -2.07. The lowest BCUT2D eigenvalue weighted by Crippen LogP contribution is -2.30. The molecule has 1 aromatic heterocycles. The van der Waals surface area contributed by atoms with Gasteiger partial charge in [-0.15, -0.1) is 0 Å². The molecule has 0 spiro atoms. The maximum Gasteiger partial charge on any atom is 0.241 e. The number of carbonyl (C=O) groups is 1. The minimum Gasteiger partial charge on any atom is -0.354 e. The molecule has 1 amide bonds. The van der Waals surface area contributed by atoms with Crippen molar-refractivity contribution in [2.75, 3.05) is 6.54 Å². The van der Waals surface area contributed by atoms with Crippen LogP contribution in [0.4, 0.5) is 0 Å². The number of amides is 1. The Balaban J connectivity index is 2.34. The van der Waals surface area contributed by atoms with Crippen molar-refractivity contribution in [1.82, 2.24) is 15.1 Å². The van der Waals surface area contributed by atoms with Crippen LogP contribution in [0.3, 0.4) is 0 Å². The molecule has 1 aromatic rings. The Morgan fingerprint density at radius 1 is 1.64 bits per heavy atom. The van der Waals surface area contributed by atoms with E-state index >= 15 is 0 Å². The monoisotopic (exact) mass is 195 g/mol. The number of hydrogen-bond donors (Lipinski definition) is 1. The smallest absolute Gasteiger partial charge is 0.241 e.